The molecule has 3 rings (SSSR count). The van der Waals surface area contributed by atoms with Crippen molar-refractivity contribution < 1.29 is 14.7 Å². The molecule has 2 atom stereocenters. The van der Waals surface area contributed by atoms with Crippen LogP contribution in [-0.2, 0) is 9.59 Å². The highest BCUT2D eigenvalue weighted by Crippen LogP contribution is 2.44. The van der Waals surface area contributed by atoms with Crippen LogP contribution in [0.4, 0.5) is 0 Å². The maximum atomic E-state index is 12.3. The van der Waals surface area contributed by atoms with Crippen molar-refractivity contribution in [3.8, 4) is 0 Å². The predicted octanol–water partition coefficient (Wildman–Crippen LogP) is 1.08. The Morgan fingerprint density at radius 1 is 1.12 bits per heavy atom. The molecule has 3 fully saturated rings. The third-order valence-corrected chi connectivity index (χ3v) is 4.87. The summed E-state index contributed by atoms with van der Waals surface area (Å²) in [5.41, 5.74) is -0.560. The highest BCUT2D eigenvalue weighted by atomic mass is 16.3. The van der Waals surface area contributed by atoms with Gasteiger partial charge in [-0.3, -0.25) is 14.5 Å². The highest BCUT2D eigenvalue weighted by Gasteiger charge is 2.53. The molecule has 0 aromatic rings. The molecule has 1 aliphatic heterocycles. The summed E-state index contributed by atoms with van der Waals surface area (Å²) in [7, 11) is 0. The molecule has 2 unspecified atom stereocenters. The zero-order valence-electron chi connectivity index (χ0n) is 10.0. The number of fused-ring (bicyclic) bond motifs is 2. The number of likely N-dealkylation sites (tertiary alicyclic amines) is 1. The van der Waals surface area contributed by atoms with Crippen LogP contribution in [0.2, 0.25) is 0 Å². The summed E-state index contributed by atoms with van der Waals surface area (Å²) in [6.45, 7) is -0.0656. The smallest absolute Gasteiger partial charge is 0.232 e. The van der Waals surface area contributed by atoms with E-state index in [1.165, 1.54) is 4.90 Å². The van der Waals surface area contributed by atoms with Gasteiger partial charge in [-0.1, -0.05) is 12.8 Å². The number of hydrogen-bond acceptors (Lipinski definition) is 3. The van der Waals surface area contributed by atoms with Crippen LogP contribution in [0.3, 0.4) is 0 Å². The van der Waals surface area contributed by atoms with Gasteiger partial charge in [0.15, 0.2) is 0 Å². The molecular formula is C13H19NO3. The van der Waals surface area contributed by atoms with E-state index in [4.69, 9.17) is 0 Å². The highest BCUT2D eigenvalue weighted by molar-refractivity contribution is 6.01. The molecule has 1 saturated heterocycles. The summed E-state index contributed by atoms with van der Waals surface area (Å²) in [6.07, 6.45) is 6.02. The lowest BCUT2D eigenvalue weighted by molar-refractivity contribution is -0.162. The number of hydrogen-bond donors (Lipinski definition) is 1. The minimum Gasteiger partial charge on any atom is -0.394 e. The number of aliphatic hydroxyl groups is 1. The quantitative estimate of drug-likeness (QED) is 0.731. The zero-order chi connectivity index (χ0) is 12.0. The van der Waals surface area contributed by atoms with Gasteiger partial charge in [-0.25, -0.2) is 0 Å². The van der Waals surface area contributed by atoms with E-state index >= 15 is 0 Å². The SMILES string of the molecule is O=C1C2CCC(C2)C(=O)N1C1(CO)CCCC1. The van der Waals surface area contributed by atoms with E-state index in [1.54, 1.807) is 0 Å². The normalized spacial score (nSPS) is 35.7. The molecule has 4 nitrogen and oxygen atoms in total. The number of piperidine rings is 1. The van der Waals surface area contributed by atoms with Crippen molar-refractivity contribution in [1.82, 2.24) is 4.90 Å². The maximum Gasteiger partial charge on any atom is 0.232 e. The maximum absolute atomic E-state index is 12.3. The second-order valence-electron chi connectivity index (χ2n) is 5.81. The van der Waals surface area contributed by atoms with Crippen molar-refractivity contribution in [2.45, 2.75) is 50.5 Å². The molecule has 0 spiro atoms. The first-order valence-corrected chi connectivity index (χ1v) is 6.67. The van der Waals surface area contributed by atoms with Crippen molar-refractivity contribution in [1.29, 1.82) is 0 Å². The Bertz CT molecular complexity index is 338. The number of rotatable bonds is 2. The number of amides is 2. The summed E-state index contributed by atoms with van der Waals surface area (Å²) in [5, 5.41) is 9.65. The van der Waals surface area contributed by atoms with Crippen LogP contribution in [0.1, 0.15) is 44.9 Å². The zero-order valence-corrected chi connectivity index (χ0v) is 10.0. The Morgan fingerprint density at radius 3 is 2.12 bits per heavy atom. The van der Waals surface area contributed by atoms with Crippen LogP contribution in [0.25, 0.3) is 0 Å². The van der Waals surface area contributed by atoms with Crippen molar-refractivity contribution in [3.05, 3.63) is 0 Å². The van der Waals surface area contributed by atoms with Gasteiger partial charge in [0.1, 0.15) is 0 Å². The molecule has 2 amide bonds. The Kier molecular flexibility index (Phi) is 2.51. The molecule has 17 heavy (non-hydrogen) atoms. The lowest BCUT2D eigenvalue weighted by atomic mass is 9.88. The van der Waals surface area contributed by atoms with Gasteiger partial charge in [0.2, 0.25) is 11.8 Å². The van der Waals surface area contributed by atoms with E-state index in [2.05, 4.69) is 0 Å². The minimum atomic E-state index is -0.560. The molecule has 1 heterocycles. The molecule has 2 bridgehead atoms. The molecule has 0 aromatic carbocycles. The van der Waals surface area contributed by atoms with Gasteiger partial charge in [-0.05, 0) is 32.1 Å². The van der Waals surface area contributed by atoms with E-state index in [0.717, 1.165) is 44.9 Å². The third-order valence-electron chi connectivity index (χ3n) is 4.87. The molecule has 4 heteroatoms. The van der Waals surface area contributed by atoms with Gasteiger partial charge in [0, 0.05) is 11.8 Å². The average molecular weight is 237 g/mol. The first-order valence-electron chi connectivity index (χ1n) is 6.67. The fraction of sp³-hybridized carbons (Fsp3) is 0.846. The van der Waals surface area contributed by atoms with E-state index in [9.17, 15) is 14.7 Å². The molecule has 3 aliphatic rings. The van der Waals surface area contributed by atoms with Crippen molar-refractivity contribution in [2.24, 2.45) is 11.8 Å². The monoisotopic (exact) mass is 237 g/mol. The minimum absolute atomic E-state index is 0.0142. The molecule has 2 saturated carbocycles. The molecular weight excluding hydrogens is 218 g/mol. The Labute approximate surface area is 101 Å². The van der Waals surface area contributed by atoms with Crippen LogP contribution in [0.15, 0.2) is 0 Å². The summed E-state index contributed by atoms with van der Waals surface area (Å²) >= 11 is 0. The van der Waals surface area contributed by atoms with Gasteiger partial charge in [0.25, 0.3) is 0 Å². The fourth-order valence-electron chi connectivity index (χ4n) is 3.86. The standard InChI is InChI=1S/C13H19NO3/c15-8-13(5-1-2-6-13)14-11(16)9-3-4-10(7-9)12(14)17/h9-10,15H,1-8H2. The topological polar surface area (TPSA) is 57.6 Å². The fourth-order valence-corrected chi connectivity index (χ4v) is 3.86. The lowest BCUT2D eigenvalue weighted by Gasteiger charge is -2.42. The summed E-state index contributed by atoms with van der Waals surface area (Å²) < 4.78 is 0. The second kappa shape index (κ2) is 3.80. The number of imide groups is 1. The number of carbonyl (C=O) groups is 2. The molecule has 94 valence electrons. The summed E-state index contributed by atoms with van der Waals surface area (Å²) in [4.78, 5) is 26.1. The van der Waals surface area contributed by atoms with Crippen LogP contribution in [0, 0.1) is 11.8 Å². The van der Waals surface area contributed by atoms with Crippen LogP contribution >= 0.6 is 0 Å². The first-order chi connectivity index (χ1) is 8.18. The lowest BCUT2D eigenvalue weighted by Crippen LogP contribution is -2.59. The van der Waals surface area contributed by atoms with E-state index in [1.807, 2.05) is 0 Å². The first kappa shape index (κ1) is 11.2. The molecule has 0 aromatic heterocycles. The average Bonchev–Trinajstić information content (AvgIpc) is 2.96. The number of carbonyl (C=O) groups excluding carboxylic acids is 2. The summed E-state index contributed by atoms with van der Waals surface area (Å²) in [5.74, 6) is 0.0582. The molecule has 0 radical (unpaired) electrons. The van der Waals surface area contributed by atoms with Gasteiger partial charge in [-0.15, -0.1) is 0 Å². The van der Waals surface area contributed by atoms with Crippen molar-refractivity contribution >= 4 is 11.8 Å². The van der Waals surface area contributed by atoms with E-state index in [-0.39, 0.29) is 30.3 Å². The van der Waals surface area contributed by atoms with Crippen molar-refractivity contribution in [2.75, 3.05) is 6.61 Å². The largest absolute Gasteiger partial charge is 0.394 e. The van der Waals surface area contributed by atoms with Gasteiger partial charge < -0.3 is 5.11 Å². The van der Waals surface area contributed by atoms with Crippen LogP contribution in [0.5, 0.6) is 0 Å². The van der Waals surface area contributed by atoms with Crippen molar-refractivity contribution in [3.63, 3.8) is 0 Å². The Hall–Kier alpha value is -0.900. The van der Waals surface area contributed by atoms with Gasteiger partial charge in [-0.2, -0.15) is 0 Å². The van der Waals surface area contributed by atoms with E-state index < -0.39 is 5.54 Å². The Balaban J connectivity index is 1.95. The van der Waals surface area contributed by atoms with Gasteiger partial charge >= 0.3 is 0 Å². The predicted molar refractivity (Wildman–Crippen MR) is 61.0 cm³/mol. The number of aliphatic hydroxyl groups excluding tert-OH is 1. The summed E-state index contributed by atoms with van der Waals surface area (Å²) in [6, 6.07) is 0. The van der Waals surface area contributed by atoms with Crippen LogP contribution < -0.4 is 0 Å². The van der Waals surface area contributed by atoms with E-state index in [0.29, 0.717) is 0 Å². The van der Waals surface area contributed by atoms with Crippen LogP contribution in [-0.4, -0.2) is 34.0 Å². The van der Waals surface area contributed by atoms with Gasteiger partial charge in [0.05, 0.1) is 12.1 Å². The Morgan fingerprint density at radius 2 is 1.65 bits per heavy atom. The number of nitrogens with zero attached hydrogens (tertiary/aromatic N) is 1. The molecule has 1 N–H and O–H groups in total. The molecule has 2 aliphatic carbocycles. The third kappa shape index (κ3) is 1.46. The second-order valence-corrected chi connectivity index (χ2v) is 5.81.